The van der Waals surface area contributed by atoms with E-state index >= 15 is 0 Å². The van der Waals surface area contributed by atoms with Crippen molar-refractivity contribution in [3.05, 3.63) is 105 Å². The molecular weight excluding hydrogens is 484 g/mol. The molecule has 190 valence electrons. The van der Waals surface area contributed by atoms with Crippen molar-refractivity contribution in [2.45, 2.75) is 26.1 Å². The second-order valence-corrected chi connectivity index (χ2v) is 8.03. The number of nitrogens with one attached hydrogen (secondary N) is 1. The molecule has 0 aromatic heterocycles. The fourth-order valence-corrected chi connectivity index (χ4v) is 3.32. The molecular formula is C26H22N2O9. The van der Waals surface area contributed by atoms with Gasteiger partial charge in [0.05, 0.1) is 16.1 Å². The number of nitrogens with zero attached hydrogens (tertiary/aromatic N) is 1. The summed E-state index contributed by atoms with van der Waals surface area (Å²) >= 11 is 0. The number of nitro benzene ring substituents is 1. The van der Waals surface area contributed by atoms with Crippen LogP contribution in [0.5, 0.6) is 0 Å². The number of rotatable bonds is 9. The second-order valence-electron chi connectivity index (χ2n) is 8.03. The molecule has 0 unspecified atom stereocenters. The van der Waals surface area contributed by atoms with E-state index in [0.717, 1.165) is 6.07 Å². The summed E-state index contributed by atoms with van der Waals surface area (Å²) in [4.78, 5) is 61.1. The van der Waals surface area contributed by atoms with Crippen molar-refractivity contribution in [2.75, 3.05) is 5.32 Å². The summed E-state index contributed by atoms with van der Waals surface area (Å²) in [5.74, 6) is -5.03. The summed E-state index contributed by atoms with van der Waals surface area (Å²) in [6.07, 6.45) is -4.38. The summed E-state index contributed by atoms with van der Waals surface area (Å²) in [7, 11) is 0. The van der Waals surface area contributed by atoms with Gasteiger partial charge >= 0.3 is 17.9 Å². The Kier molecular flexibility index (Phi) is 8.31. The number of anilines is 1. The fraction of sp³-hybridized carbons (Fsp3) is 0.154. The molecule has 3 aromatic carbocycles. The van der Waals surface area contributed by atoms with Gasteiger partial charge in [0.15, 0.2) is 0 Å². The minimum Gasteiger partial charge on any atom is -0.478 e. The molecule has 0 heterocycles. The smallest absolute Gasteiger partial charge is 0.349 e. The summed E-state index contributed by atoms with van der Waals surface area (Å²) in [6.45, 7) is 3.43. The molecule has 3 rings (SSSR count). The minimum atomic E-state index is -2.24. The van der Waals surface area contributed by atoms with Crippen LogP contribution in [-0.4, -0.2) is 46.1 Å². The number of carbonyl (C=O) groups is 4. The average molecular weight is 506 g/mol. The molecule has 0 aliphatic rings. The number of hydrogen-bond acceptors (Lipinski definition) is 8. The van der Waals surface area contributed by atoms with Crippen LogP contribution in [0, 0.1) is 24.0 Å². The van der Waals surface area contributed by atoms with E-state index < -0.39 is 40.9 Å². The van der Waals surface area contributed by atoms with E-state index in [0.29, 0.717) is 11.1 Å². The molecule has 11 heteroatoms. The van der Waals surface area contributed by atoms with E-state index in [9.17, 15) is 34.4 Å². The maximum absolute atomic E-state index is 13.1. The van der Waals surface area contributed by atoms with Crippen molar-refractivity contribution in [3.8, 4) is 0 Å². The van der Waals surface area contributed by atoms with Gasteiger partial charge in [-0.15, -0.1) is 0 Å². The number of aliphatic carboxylic acids is 1. The lowest BCUT2D eigenvalue weighted by atomic mass is 10.1. The second kappa shape index (κ2) is 11.6. The highest BCUT2D eigenvalue weighted by Gasteiger charge is 2.41. The van der Waals surface area contributed by atoms with E-state index in [1.165, 1.54) is 42.5 Å². The zero-order valence-corrected chi connectivity index (χ0v) is 19.7. The van der Waals surface area contributed by atoms with Gasteiger partial charge in [-0.2, -0.15) is 0 Å². The van der Waals surface area contributed by atoms with Gasteiger partial charge in [-0.3, -0.25) is 14.9 Å². The number of esters is 2. The quantitative estimate of drug-likeness (QED) is 0.250. The third kappa shape index (κ3) is 6.98. The van der Waals surface area contributed by atoms with Crippen LogP contribution in [-0.2, 0) is 19.1 Å². The molecule has 37 heavy (non-hydrogen) atoms. The molecule has 2 N–H and O–H groups in total. The number of non-ortho nitro benzene ring substituents is 1. The molecule has 1 amide bonds. The molecule has 0 bridgehead atoms. The van der Waals surface area contributed by atoms with Gasteiger partial charge in [-0.25, -0.2) is 14.4 Å². The number of nitro groups is 1. The van der Waals surface area contributed by atoms with Crippen LogP contribution in [0.1, 0.15) is 31.8 Å². The van der Waals surface area contributed by atoms with Gasteiger partial charge in [0, 0.05) is 17.8 Å². The molecule has 0 aliphatic heterocycles. The van der Waals surface area contributed by atoms with Crippen molar-refractivity contribution in [3.63, 3.8) is 0 Å². The highest BCUT2D eigenvalue weighted by molar-refractivity contribution is 6.01. The first-order valence-corrected chi connectivity index (χ1v) is 10.9. The molecule has 2 atom stereocenters. The fourth-order valence-electron chi connectivity index (χ4n) is 3.32. The van der Waals surface area contributed by atoms with Crippen molar-refractivity contribution >= 4 is 35.2 Å². The van der Waals surface area contributed by atoms with Crippen molar-refractivity contribution in [1.82, 2.24) is 0 Å². The first-order chi connectivity index (χ1) is 17.5. The first kappa shape index (κ1) is 26.5. The van der Waals surface area contributed by atoms with E-state index in [1.54, 1.807) is 38.1 Å². The maximum atomic E-state index is 13.1. The highest BCUT2D eigenvalue weighted by atomic mass is 16.6. The van der Waals surface area contributed by atoms with E-state index in [2.05, 4.69) is 5.32 Å². The normalized spacial score (nSPS) is 12.1. The molecule has 0 fully saturated rings. The molecule has 0 aliphatic carbocycles. The number of carboxylic acids is 1. The maximum Gasteiger partial charge on any atom is 0.349 e. The van der Waals surface area contributed by atoms with Crippen LogP contribution in [0.25, 0.3) is 0 Å². The van der Waals surface area contributed by atoms with Gasteiger partial charge in [0.1, 0.15) is 0 Å². The lowest BCUT2D eigenvalue weighted by Crippen LogP contribution is -2.48. The van der Waals surface area contributed by atoms with Crippen LogP contribution in [0.15, 0.2) is 72.8 Å². The van der Waals surface area contributed by atoms with E-state index in [1.807, 2.05) is 0 Å². The number of ether oxygens (including phenoxy) is 2. The van der Waals surface area contributed by atoms with Crippen molar-refractivity contribution in [2.24, 2.45) is 0 Å². The van der Waals surface area contributed by atoms with Gasteiger partial charge in [-0.05, 0) is 44.2 Å². The monoisotopic (exact) mass is 506 g/mol. The average Bonchev–Trinajstić information content (AvgIpc) is 2.85. The molecule has 3 aromatic rings. The van der Waals surface area contributed by atoms with Crippen LogP contribution >= 0.6 is 0 Å². The standard InChI is InChI=1S/C26H22N2O9/c1-15-6-3-8-17(12-15)25(32)36-21(23(29)27-19-10-5-11-20(14-19)28(34)35)22(24(30)31)37-26(33)18-9-4-7-16(2)13-18/h3-14,21-22H,1-2H3,(H,27,29)(H,30,31)/t21-,22-/m1/s1. The third-order valence-electron chi connectivity index (χ3n) is 5.08. The number of carboxylic acid groups (broad SMARTS) is 1. The van der Waals surface area contributed by atoms with Crippen LogP contribution < -0.4 is 5.32 Å². The number of benzene rings is 3. The first-order valence-electron chi connectivity index (χ1n) is 10.9. The summed E-state index contributed by atoms with van der Waals surface area (Å²) in [6, 6.07) is 17.1. The van der Waals surface area contributed by atoms with Gasteiger partial charge < -0.3 is 19.9 Å². The summed E-state index contributed by atoms with van der Waals surface area (Å²) < 4.78 is 10.4. The zero-order chi connectivity index (χ0) is 27.1. The minimum absolute atomic E-state index is 0.0223. The van der Waals surface area contributed by atoms with Gasteiger partial charge in [-0.1, -0.05) is 41.5 Å². The Labute approximate surface area is 210 Å². The Hall–Kier alpha value is -5.06. The SMILES string of the molecule is Cc1cccc(C(=O)O[C@@H](C(=O)O)[C@@H](OC(=O)c2cccc(C)c2)C(=O)Nc2cccc([N+](=O)[O-])c2)c1. The molecule has 0 radical (unpaired) electrons. The van der Waals surface area contributed by atoms with Crippen LogP contribution in [0.3, 0.4) is 0 Å². The van der Waals surface area contributed by atoms with Crippen LogP contribution in [0.2, 0.25) is 0 Å². The largest absolute Gasteiger partial charge is 0.478 e. The summed E-state index contributed by atoms with van der Waals surface area (Å²) in [5.41, 5.74) is 1.05. The number of aryl methyl sites for hydroxylation is 2. The Morgan fingerprint density at radius 2 is 1.32 bits per heavy atom. The molecule has 0 saturated heterocycles. The Balaban J connectivity index is 1.94. The number of amides is 1. The van der Waals surface area contributed by atoms with Gasteiger partial charge in [0.2, 0.25) is 12.2 Å². The van der Waals surface area contributed by atoms with Crippen molar-refractivity contribution < 1.29 is 38.7 Å². The number of hydrogen-bond donors (Lipinski definition) is 2. The Morgan fingerprint density at radius 3 is 1.81 bits per heavy atom. The molecule has 11 nitrogen and oxygen atoms in total. The lowest BCUT2D eigenvalue weighted by molar-refractivity contribution is -0.384. The van der Waals surface area contributed by atoms with E-state index in [4.69, 9.17) is 9.47 Å². The zero-order valence-electron chi connectivity index (χ0n) is 19.7. The van der Waals surface area contributed by atoms with Crippen LogP contribution in [0.4, 0.5) is 11.4 Å². The third-order valence-corrected chi connectivity index (χ3v) is 5.08. The predicted octanol–water partition coefficient (Wildman–Crippen LogP) is 3.69. The van der Waals surface area contributed by atoms with Crippen molar-refractivity contribution in [1.29, 1.82) is 0 Å². The topological polar surface area (TPSA) is 162 Å². The number of carbonyl (C=O) groups excluding carboxylic acids is 3. The lowest BCUT2D eigenvalue weighted by Gasteiger charge is -2.23. The molecule has 0 spiro atoms. The Morgan fingerprint density at radius 1 is 0.811 bits per heavy atom. The molecule has 0 saturated carbocycles. The van der Waals surface area contributed by atoms with E-state index in [-0.39, 0.29) is 22.5 Å². The summed E-state index contributed by atoms with van der Waals surface area (Å²) in [5, 5.41) is 23.2. The Bertz CT molecular complexity index is 1370. The predicted molar refractivity (Wildman–Crippen MR) is 130 cm³/mol. The highest BCUT2D eigenvalue weighted by Crippen LogP contribution is 2.20. The van der Waals surface area contributed by atoms with Gasteiger partial charge in [0.25, 0.3) is 11.6 Å².